The molecular formula is C9H5BrN4O3S. The summed E-state index contributed by atoms with van der Waals surface area (Å²) in [5.41, 5.74) is 0.190. The molecule has 0 saturated heterocycles. The number of pyridine rings is 1. The van der Waals surface area contributed by atoms with Crippen LogP contribution in [-0.4, -0.2) is 20.8 Å². The lowest BCUT2D eigenvalue weighted by Crippen LogP contribution is -2.13. The first-order valence-corrected chi connectivity index (χ1v) is 6.21. The van der Waals surface area contributed by atoms with E-state index in [2.05, 4.69) is 31.2 Å². The number of halogens is 1. The SMILES string of the molecule is O=C(Nc1ncc([N+](=O)[O-])s1)c1ncccc1Br. The number of carbonyl (C=O) groups excluding carboxylic acids is 1. The molecule has 0 unspecified atom stereocenters. The summed E-state index contributed by atoms with van der Waals surface area (Å²) in [5, 5.41) is 12.9. The van der Waals surface area contributed by atoms with E-state index in [0.717, 1.165) is 17.5 Å². The highest BCUT2D eigenvalue weighted by Crippen LogP contribution is 2.25. The average molecular weight is 329 g/mol. The number of anilines is 1. The minimum atomic E-state index is -0.565. The van der Waals surface area contributed by atoms with Gasteiger partial charge in [0.2, 0.25) is 0 Å². The standard InChI is InChI=1S/C9H5BrN4O3S/c10-5-2-1-3-11-7(5)8(15)13-9-12-4-6(18-9)14(16)17/h1-4H,(H,12,13,15). The van der Waals surface area contributed by atoms with Crippen LogP contribution in [0, 0.1) is 10.1 Å². The van der Waals surface area contributed by atoms with Crippen LogP contribution in [0.2, 0.25) is 0 Å². The highest BCUT2D eigenvalue weighted by Gasteiger charge is 2.16. The van der Waals surface area contributed by atoms with Crippen molar-refractivity contribution in [3.05, 3.63) is 44.8 Å². The van der Waals surface area contributed by atoms with Gasteiger partial charge in [-0.3, -0.25) is 20.2 Å². The van der Waals surface area contributed by atoms with E-state index in [1.54, 1.807) is 12.1 Å². The fourth-order valence-electron chi connectivity index (χ4n) is 1.12. The second kappa shape index (κ2) is 5.19. The Labute approximate surface area is 113 Å². The summed E-state index contributed by atoms with van der Waals surface area (Å²) < 4.78 is 0.536. The molecule has 0 fully saturated rings. The maximum atomic E-state index is 11.8. The zero-order valence-corrected chi connectivity index (χ0v) is 11.1. The largest absolute Gasteiger partial charge is 0.345 e. The first kappa shape index (κ1) is 12.6. The minimum absolute atomic E-state index is 0.134. The van der Waals surface area contributed by atoms with Crippen molar-refractivity contribution >= 4 is 43.3 Å². The second-order valence-corrected chi connectivity index (χ2v) is 4.91. The number of nitro groups is 1. The smallest absolute Gasteiger partial charge is 0.296 e. The molecule has 0 spiro atoms. The van der Waals surface area contributed by atoms with Gasteiger partial charge in [-0.15, -0.1) is 0 Å². The van der Waals surface area contributed by atoms with E-state index in [0.29, 0.717) is 4.47 Å². The van der Waals surface area contributed by atoms with E-state index in [4.69, 9.17) is 0 Å². The van der Waals surface area contributed by atoms with Gasteiger partial charge in [-0.1, -0.05) is 0 Å². The predicted octanol–water partition coefficient (Wildman–Crippen LogP) is 2.46. The lowest BCUT2D eigenvalue weighted by atomic mass is 10.3. The molecule has 9 heteroatoms. The molecule has 1 N–H and O–H groups in total. The fraction of sp³-hybridized carbons (Fsp3) is 0. The normalized spacial score (nSPS) is 10.1. The molecule has 0 saturated carbocycles. The topological polar surface area (TPSA) is 98.0 Å². The van der Waals surface area contributed by atoms with Gasteiger partial charge in [0.1, 0.15) is 11.9 Å². The molecule has 18 heavy (non-hydrogen) atoms. The number of thiazole rings is 1. The fourth-order valence-corrected chi connectivity index (χ4v) is 2.18. The van der Waals surface area contributed by atoms with Crippen molar-refractivity contribution in [3.8, 4) is 0 Å². The van der Waals surface area contributed by atoms with E-state index >= 15 is 0 Å². The van der Waals surface area contributed by atoms with Gasteiger partial charge in [-0.05, 0) is 39.4 Å². The third-order valence-electron chi connectivity index (χ3n) is 1.87. The van der Waals surface area contributed by atoms with Crippen LogP contribution in [0.1, 0.15) is 10.5 Å². The molecule has 0 aliphatic heterocycles. The first-order valence-electron chi connectivity index (χ1n) is 4.60. The van der Waals surface area contributed by atoms with Gasteiger partial charge in [0, 0.05) is 10.7 Å². The minimum Gasteiger partial charge on any atom is -0.296 e. The van der Waals surface area contributed by atoms with Crippen LogP contribution in [0.3, 0.4) is 0 Å². The zero-order chi connectivity index (χ0) is 13.1. The van der Waals surface area contributed by atoms with E-state index in [1.807, 2.05) is 0 Å². The van der Waals surface area contributed by atoms with Gasteiger partial charge < -0.3 is 0 Å². The summed E-state index contributed by atoms with van der Waals surface area (Å²) in [6, 6.07) is 3.35. The molecule has 0 aliphatic rings. The third kappa shape index (κ3) is 2.68. The van der Waals surface area contributed by atoms with Crippen LogP contribution >= 0.6 is 27.3 Å². The van der Waals surface area contributed by atoms with Gasteiger partial charge in [0.15, 0.2) is 5.13 Å². The quantitative estimate of drug-likeness (QED) is 0.689. The van der Waals surface area contributed by atoms with Crippen LogP contribution in [0.25, 0.3) is 0 Å². The molecule has 2 rings (SSSR count). The van der Waals surface area contributed by atoms with Gasteiger partial charge in [0.25, 0.3) is 5.91 Å². The number of rotatable bonds is 3. The lowest BCUT2D eigenvalue weighted by molar-refractivity contribution is -0.380. The monoisotopic (exact) mass is 328 g/mol. The number of nitrogens with zero attached hydrogens (tertiary/aromatic N) is 3. The second-order valence-electron chi connectivity index (χ2n) is 3.05. The maximum Gasteiger partial charge on any atom is 0.345 e. The molecule has 0 atom stereocenters. The Kier molecular flexibility index (Phi) is 3.63. The van der Waals surface area contributed by atoms with Crippen LogP contribution in [0.15, 0.2) is 29.0 Å². The zero-order valence-electron chi connectivity index (χ0n) is 8.66. The van der Waals surface area contributed by atoms with Crippen molar-refractivity contribution in [3.63, 3.8) is 0 Å². The Morgan fingerprint density at radius 1 is 1.50 bits per heavy atom. The Morgan fingerprint density at radius 3 is 2.89 bits per heavy atom. The first-order chi connectivity index (χ1) is 8.58. The van der Waals surface area contributed by atoms with E-state index in [9.17, 15) is 14.9 Å². The van der Waals surface area contributed by atoms with Crippen LogP contribution in [0.4, 0.5) is 10.1 Å². The number of hydrogen-bond acceptors (Lipinski definition) is 6. The van der Waals surface area contributed by atoms with E-state index < -0.39 is 10.8 Å². The number of aromatic nitrogens is 2. The lowest BCUT2D eigenvalue weighted by Gasteiger charge is -2.01. The summed E-state index contributed by atoms with van der Waals surface area (Å²) in [4.78, 5) is 29.3. The van der Waals surface area contributed by atoms with E-state index in [1.165, 1.54) is 6.20 Å². The van der Waals surface area contributed by atoms with Gasteiger partial charge in [-0.2, -0.15) is 0 Å². The van der Waals surface area contributed by atoms with Crippen LogP contribution < -0.4 is 5.32 Å². The van der Waals surface area contributed by atoms with Crippen LogP contribution in [-0.2, 0) is 0 Å². The van der Waals surface area contributed by atoms with E-state index in [-0.39, 0.29) is 15.8 Å². The summed E-state index contributed by atoms with van der Waals surface area (Å²) in [6.45, 7) is 0. The summed E-state index contributed by atoms with van der Waals surface area (Å²) >= 11 is 3.97. The Balaban J connectivity index is 2.16. The van der Waals surface area contributed by atoms with Crippen molar-refractivity contribution < 1.29 is 9.72 Å². The summed E-state index contributed by atoms with van der Waals surface area (Å²) in [7, 11) is 0. The van der Waals surface area contributed by atoms with Gasteiger partial charge in [-0.25, -0.2) is 9.97 Å². The molecule has 0 aliphatic carbocycles. The summed E-state index contributed by atoms with van der Waals surface area (Å²) in [6.07, 6.45) is 2.57. The van der Waals surface area contributed by atoms with Gasteiger partial charge >= 0.3 is 5.00 Å². The highest BCUT2D eigenvalue weighted by molar-refractivity contribution is 9.10. The molecule has 2 aromatic heterocycles. The van der Waals surface area contributed by atoms with Crippen molar-refractivity contribution in [2.45, 2.75) is 0 Å². The molecule has 0 bridgehead atoms. The predicted molar refractivity (Wildman–Crippen MR) is 68.7 cm³/mol. The van der Waals surface area contributed by atoms with Crippen molar-refractivity contribution in [2.24, 2.45) is 0 Å². The Morgan fingerprint density at radius 2 is 2.28 bits per heavy atom. The number of hydrogen-bond donors (Lipinski definition) is 1. The molecule has 1 amide bonds. The molecular weight excluding hydrogens is 324 g/mol. The maximum absolute atomic E-state index is 11.8. The van der Waals surface area contributed by atoms with Crippen molar-refractivity contribution in [1.82, 2.24) is 9.97 Å². The van der Waals surface area contributed by atoms with Crippen molar-refractivity contribution in [2.75, 3.05) is 5.32 Å². The molecule has 0 radical (unpaired) electrons. The highest BCUT2D eigenvalue weighted by atomic mass is 79.9. The Bertz CT molecular complexity index is 615. The molecule has 0 aromatic carbocycles. The number of nitrogens with one attached hydrogen (secondary N) is 1. The van der Waals surface area contributed by atoms with Gasteiger partial charge in [0.05, 0.1) is 4.92 Å². The third-order valence-corrected chi connectivity index (χ3v) is 3.37. The Hall–Kier alpha value is -1.87. The molecule has 2 heterocycles. The number of amides is 1. The molecule has 92 valence electrons. The molecule has 7 nitrogen and oxygen atoms in total. The van der Waals surface area contributed by atoms with Crippen molar-refractivity contribution in [1.29, 1.82) is 0 Å². The number of carbonyl (C=O) groups is 1. The average Bonchev–Trinajstić information content (AvgIpc) is 2.78. The molecule has 2 aromatic rings. The summed E-state index contributed by atoms with van der Waals surface area (Å²) in [5.74, 6) is -0.480. The van der Waals surface area contributed by atoms with Crippen LogP contribution in [0.5, 0.6) is 0 Å².